The molecule has 2 aliphatic rings. The van der Waals surface area contributed by atoms with Crippen molar-refractivity contribution in [3.8, 4) is 0 Å². The predicted molar refractivity (Wildman–Crippen MR) is 117 cm³/mol. The number of hydrogen-bond donors (Lipinski definition) is 0. The van der Waals surface area contributed by atoms with Crippen LogP contribution >= 0.6 is 0 Å². The number of rotatable bonds is 6. The number of ether oxygens (including phenoxy) is 2. The van der Waals surface area contributed by atoms with Crippen LogP contribution in [0.1, 0.15) is 36.8 Å². The third kappa shape index (κ3) is 5.10. The molecule has 2 heterocycles. The van der Waals surface area contributed by atoms with Crippen molar-refractivity contribution in [3.63, 3.8) is 0 Å². The third-order valence-electron chi connectivity index (χ3n) is 6.01. The van der Waals surface area contributed by atoms with Gasteiger partial charge in [-0.2, -0.15) is 0 Å². The van der Waals surface area contributed by atoms with Crippen LogP contribution in [0.2, 0.25) is 0 Å². The van der Waals surface area contributed by atoms with E-state index in [4.69, 9.17) is 9.47 Å². The van der Waals surface area contributed by atoms with Crippen molar-refractivity contribution < 1.29 is 23.9 Å². The summed E-state index contributed by atoms with van der Waals surface area (Å²) < 4.78 is 10.9. The number of carbonyl (C=O) groups is 3. The first kappa shape index (κ1) is 21.9. The first-order chi connectivity index (χ1) is 15.6. The minimum atomic E-state index is -0.603. The van der Waals surface area contributed by atoms with Crippen molar-refractivity contribution in [1.82, 2.24) is 9.80 Å². The number of amides is 2. The Morgan fingerprint density at radius 1 is 0.719 bits per heavy atom. The minimum Gasteiger partial charge on any atom is -0.459 e. The van der Waals surface area contributed by atoms with Gasteiger partial charge in [0.25, 0.3) is 0 Å². The van der Waals surface area contributed by atoms with Gasteiger partial charge in [-0.05, 0) is 36.8 Å². The second-order valence-electron chi connectivity index (χ2n) is 8.17. The summed E-state index contributed by atoms with van der Waals surface area (Å²) in [7, 11) is 0. The Labute approximate surface area is 187 Å². The Morgan fingerprint density at radius 3 is 1.88 bits per heavy atom. The molecule has 2 aromatic carbocycles. The second-order valence-corrected chi connectivity index (χ2v) is 8.17. The maximum atomic E-state index is 13.3. The highest BCUT2D eigenvalue weighted by molar-refractivity contribution is 5.90. The molecule has 2 aliphatic heterocycles. The fourth-order valence-corrected chi connectivity index (χ4v) is 4.34. The van der Waals surface area contributed by atoms with Gasteiger partial charge in [-0.3, -0.25) is 9.69 Å². The molecule has 2 aromatic rings. The Bertz CT molecular complexity index is 858. The molecule has 0 N–H and O–H groups in total. The molecule has 0 aromatic heterocycles. The molecular weight excluding hydrogens is 408 g/mol. The molecule has 2 fully saturated rings. The largest absolute Gasteiger partial charge is 0.459 e. The summed E-state index contributed by atoms with van der Waals surface area (Å²) in [5, 5.41) is 0. The summed E-state index contributed by atoms with van der Waals surface area (Å²) >= 11 is 0. The molecule has 0 saturated carbocycles. The van der Waals surface area contributed by atoms with Gasteiger partial charge in [0.1, 0.15) is 25.3 Å². The first-order valence-corrected chi connectivity index (χ1v) is 11.1. The van der Waals surface area contributed by atoms with Gasteiger partial charge in [0.05, 0.1) is 0 Å². The van der Waals surface area contributed by atoms with Gasteiger partial charge in [-0.25, -0.2) is 9.59 Å². The van der Waals surface area contributed by atoms with Crippen molar-refractivity contribution >= 4 is 18.0 Å². The molecule has 168 valence electrons. The molecule has 0 bridgehead atoms. The van der Waals surface area contributed by atoms with E-state index in [2.05, 4.69) is 0 Å². The van der Waals surface area contributed by atoms with Crippen LogP contribution in [0, 0.1) is 0 Å². The van der Waals surface area contributed by atoms with E-state index < -0.39 is 24.1 Å². The summed E-state index contributed by atoms with van der Waals surface area (Å²) in [6.45, 7) is 1.31. The quantitative estimate of drug-likeness (QED) is 0.648. The summed E-state index contributed by atoms with van der Waals surface area (Å²) in [5.74, 6) is -0.589. The van der Waals surface area contributed by atoms with Crippen molar-refractivity contribution in [2.24, 2.45) is 0 Å². The van der Waals surface area contributed by atoms with Crippen LogP contribution in [0.4, 0.5) is 4.79 Å². The van der Waals surface area contributed by atoms with Crippen LogP contribution in [-0.2, 0) is 32.3 Å². The molecule has 2 saturated heterocycles. The fraction of sp³-hybridized carbons (Fsp3) is 0.400. The average molecular weight is 437 g/mol. The highest BCUT2D eigenvalue weighted by Crippen LogP contribution is 2.26. The molecule has 7 heteroatoms. The molecule has 32 heavy (non-hydrogen) atoms. The maximum Gasteiger partial charge on any atom is 0.410 e. The standard InChI is InChI=1S/C25H28N2O5/c28-23(21-13-7-16-27(21)25(30)32-18-20-11-5-2-6-12-20)26-15-8-14-22(26)24(29)31-17-19-9-3-1-4-10-19/h1-6,9-12,21-22H,7-8,13-18H2/t21-,22+/m1/s1. The highest BCUT2D eigenvalue weighted by Gasteiger charge is 2.43. The Morgan fingerprint density at radius 2 is 1.25 bits per heavy atom. The summed E-state index contributed by atoms with van der Waals surface area (Å²) in [6.07, 6.45) is 2.12. The van der Waals surface area contributed by atoms with Gasteiger partial charge in [0, 0.05) is 13.1 Å². The van der Waals surface area contributed by atoms with Crippen molar-refractivity contribution in [2.45, 2.75) is 51.0 Å². The maximum absolute atomic E-state index is 13.3. The van der Waals surface area contributed by atoms with E-state index in [0.717, 1.165) is 24.0 Å². The highest BCUT2D eigenvalue weighted by atomic mass is 16.6. The SMILES string of the molecule is O=C(OCc1ccccc1)[C@@H]1CCCN1C(=O)[C@H]1CCCN1C(=O)OCc1ccccc1. The Kier molecular flexibility index (Phi) is 7.04. The molecule has 2 atom stereocenters. The second kappa shape index (κ2) is 10.3. The topological polar surface area (TPSA) is 76.2 Å². The summed E-state index contributed by atoms with van der Waals surface area (Å²) in [6, 6.07) is 17.7. The van der Waals surface area contributed by atoms with E-state index >= 15 is 0 Å². The Hall–Kier alpha value is -3.35. The van der Waals surface area contributed by atoms with Gasteiger partial charge >= 0.3 is 12.1 Å². The van der Waals surface area contributed by atoms with Crippen molar-refractivity contribution in [3.05, 3.63) is 71.8 Å². The lowest BCUT2D eigenvalue weighted by Gasteiger charge is -2.30. The fourth-order valence-electron chi connectivity index (χ4n) is 4.34. The van der Waals surface area contributed by atoms with Crippen LogP contribution in [0.5, 0.6) is 0 Å². The van der Waals surface area contributed by atoms with E-state index in [1.54, 1.807) is 4.90 Å². The molecule has 2 amide bonds. The smallest absolute Gasteiger partial charge is 0.410 e. The number of carbonyl (C=O) groups excluding carboxylic acids is 3. The monoisotopic (exact) mass is 436 g/mol. The first-order valence-electron chi connectivity index (χ1n) is 11.1. The average Bonchev–Trinajstić information content (AvgIpc) is 3.52. The number of esters is 1. The molecular formula is C25H28N2O5. The molecule has 0 aliphatic carbocycles. The molecule has 0 unspecified atom stereocenters. The number of benzene rings is 2. The third-order valence-corrected chi connectivity index (χ3v) is 6.01. The van der Waals surface area contributed by atoms with Crippen LogP contribution in [0.3, 0.4) is 0 Å². The number of nitrogens with zero attached hydrogens (tertiary/aromatic N) is 2. The number of hydrogen-bond acceptors (Lipinski definition) is 5. The van der Waals surface area contributed by atoms with Crippen LogP contribution in [-0.4, -0.2) is 52.9 Å². The molecule has 7 nitrogen and oxygen atoms in total. The minimum absolute atomic E-state index is 0.162. The lowest BCUT2D eigenvalue weighted by atomic mass is 10.1. The van der Waals surface area contributed by atoms with E-state index in [9.17, 15) is 14.4 Å². The van der Waals surface area contributed by atoms with E-state index in [1.165, 1.54) is 4.90 Å². The predicted octanol–water partition coefficient (Wildman–Crippen LogP) is 3.52. The van der Waals surface area contributed by atoms with E-state index in [-0.39, 0.29) is 19.1 Å². The zero-order valence-electron chi connectivity index (χ0n) is 18.0. The van der Waals surface area contributed by atoms with E-state index in [0.29, 0.717) is 25.9 Å². The lowest BCUT2D eigenvalue weighted by molar-refractivity contribution is -0.155. The van der Waals surface area contributed by atoms with Gasteiger partial charge in [-0.1, -0.05) is 60.7 Å². The van der Waals surface area contributed by atoms with Gasteiger partial charge in [0.2, 0.25) is 5.91 Å². The Balaban J connectivity index is 1.35. The normalized spacial score (nSPS) is 20.2. The lowest BCUT2D eigenvalue weighted by Crippen LogP contribution is -2.51. The van der Waals surface area contributed by atoms with Crippen molar-refractivity contribution in [2.75, 3.05) is 13.1 Å². The van der Waals surface area contributed by atoms with Gasteiger partial charge in [-0.15, -0.1) is 0 Å². The van der Waals surface area contributed by atoms with Gasteiger partial charge in [0.15, 0.2) is 0 Å². The summed E-state index contributed by atoms with van der Waals surface area (Å²) in [5.41, 5.74) is 1.79. The molecule has 0 radical (unpaired) electrons. The number of likely N-dealkylation sites (tertiary alicyclic amines) is 2. The molecule has 4 rings (SSSR count). The zero-order valence-corrected chi connectivity index (χ0v) is 18.0. The van der Waals surface area contributed by atoms with E-state index in [1.807, 2.05) is 60.7 Å². The van der Waals surface area contributed by atoms with Crippen LogP contribution < -0.4 is 0 Å². The van der Waals surface area contributed by atoms with Crippen LogP contribution in [0.15, 0.2) is 60.7 Å². The van der Waals surface area contributed by atoms with Gasteiger partial charge < -0.3 is 14.4 Å². The zero-order chi connectivity index (χ0) is 22.3. The molecule has 0 spiro atoms. The van der Waals surface area contributed by atoms with Crippen LogP contribution in [0.25, 0.3) is 0 Å². The van der Waals surface area contributed by atoms with Crippen molar-refractivity contribution in [1.29, 1.82) is 0 Å². The summed E-state index contributed by atoms with van der Waals surface area (Å²) in [4.78, 5) is 41.7.